The Morgan fingerprint density at radius 3 is 2.27 bits per heavy atom. The summed E-state index contributed by atoms with van der Waals surface area (Å²) in [5.74, 6) is 1.45. The molecule has 0 amide bonds. The third-order valence-corrected chi connectivity index (χ3v) is 3.88. The van der Waals surface area contributed by atoms with E-state index in [2.05, 4.69) is 32.7 Å². The van der Waals surface area contributed by atoms with E-state index in [1.165, 1.54) is 12.8 Å². The fourth-order valence-electron chi connectivity index (χ4n) is 2.28. The Morgan fingerprint density at radius 2 is 1.80 bits per heavy atom. The number of hydrogen-bond donors (Lipinski definition) is 0. The molecule has 0 aliphatic heterocycles. The molecule has 1 rings (SSSR count). The van der Waals surface area contributed by atoms with Crippen molar-refractivity contribution in [1.82, 2.24) is 4.90 Å². The largest absolute Gasteiger partial charge is 0.298 e. The van der Waals surface area contributed by atoms with Gasteiger partial charge in [-0.3, -0.25) is 9.69 Å². The Hall–Kier alpha value is -0.370. The van der Waals surface area contributed by atoms with Gasteiger partial charge in [0.1, 0.15) is 5.78 Å². The Bertz CT molecular complexity index is 207. The molecule has 0 heterocycles. The van der Waals surface area contributed by atoms with Crippen LogP contribution in [0.3, 0.4) is 0 Å². The number of likely N-dealkylation sites (N-methyl/N-ethyl adjacent to an activating group) is 1. The third kappa shape index (κ3) is 3.60. The van der Waals surface area contributed by atoms with Crippen LogP contribution < -0.4 is 0 Å². The van der Waals surface area contributed by atoms with Gasteiger partial charge in [0, 0.05) is 12.0 Å². The van der Waals surface area contributed by atoms with Crippen LogP contribution >= 0.6 is 0 Å². The predicted octanol–water partition coefficient (Wildman–Crippen LogP) is 2.72. The molecule has 15 heavy (non-hydrogen) atoms. The molecule has 88 valence electrons. The Labute approximate surface area is 94.0 Å². The van der Waals surface area contributed by atoms with Gasteiger partial charge in [0.25, 0.3) is 0 Å². The van der Waals surface area contributed by atoms with Gasteiger partial charge >= 0.3 is 0 Å². The van der Waals surface area contributed by atoms with E-state index < -0.39 is 0 Å². The zero-order valence-corrected chi connectivity index (χ0v) is 10.6. The van der Waals surface area contributed by atoms with E-state index in [9.17, 15) is 4.79 Å². The van der Waals surface area contributed by atoms with Gasteiger partial charge in [-0.15, -0.1) is 0 Å². The standard InChI is InChI=1S/C13H25NO/c1-10(2)11(3)14(4)9-13(15)12-7-5-6-8-12/h10-12H,5-9H2,1-4H3. The van der Waals surface area contributed by atoms with Crippen molar-refractivity contribution in [3.8, 4) is 0 Å². The molecule has 0 bridgehead atoms. The summed E-state index contributed by atoms with van der Waals surface area (Å²) in [5.41, 5.74) is 0. The molecule has 1 atom stereocenters. The van der Waals surface area contributed by atoms with Gasteiger partial charge in [0.15, 0.2) is 0 Å². The van der Waals surface area contributed by atoms with E-state index in [0.29, 0.717) is 30.2 Å². The van der Waals surface area contributed by atoms with Crippen LogP contribution in [0, 0.1) is 11.8 Å². The summed E-state index contributed by atoms with van der Waals surface area (Å²) >= 11 is 0. The van der Waals surface area contributed by atoms with Crippen molar-refractivity contribution >= 4 is 5.78 Å². The van der Waals surface area contributed by atoms with Gasteiger partial charge < -0.3 is 0 Å². The van der Waals surface area contributed by atoms with Crippen molar-refractivity contribution in [2.24, 2.45) is 11.8 Å². The molecule has 1 unspecified atom stereocenters. The lowest BCUT2D eigenvalue weighted by Crippen LogP contribution is -2.38. The van der Waals surface area contributed by atoms with E-state index in [0.717, 1.165) is 12.8 Å². The van der Waals surface area contributed by atoms with E-state index in [1.807, 2.05) is 0 Å². The normalized spacial score (nSPS) is 20.1. The average Bonchev–Trinajstić information content (AvgIpc) is 2.68. The summed E-state index contributed by atoms with van der Waals surface area (Å²) in [7, 11) is 2.07. The van der Waals surface area contributed by atoms with Crippen molar-refractivity contribution < 1.29 is 4.79 Å². The number of ketones is 1. The van der Waals surface area contributed by atoms with Crippen LogP contribution in [0.4, 0.5) is 0 Å². The Balaban J connectivity index is 2.36. The first-order valence-corrected chi connectivity index (χ1v) is 6.25. The van der Waals surface area contributed by atoms with Gasteiger partial charge in [0.2, 0.25) is 0 Å². The van der Waals surface area contributed by atoms with Crippen LogP contribution in [0.5, 0.6) is 0 Å². The molecular weight excluding hydrogens is 186 g/mol. The van der Waals surface area contributed by atoms with Gasteiger partial charge in [-0.2, -0.15) is 0 Å². The monoisotopic (exact) mass is 211 g/mol. The lowest BCUT2D eigenvalue weighted by atomic mass is 10.00. The summed E-state index contributed by atoms with van der Waals surface area (Å²) in [6.07, 6.45) is 4.76. The second-order valence-electron chi connectivity index (χ2n) is 5.35. The maximum absolute atomic E-state index is 11.9. The van der Waals surface area contributed by atoms with E-state index in [4.69, 9.17) is 0 Å². The molecule has 0 aromatic carbocycles. The first-order chi connectivity index (χ1) is 7.02. The van der Waals surface area contributed by atoms with Gasteiger partial charge in [-0.05, 0) is 32.7 Å². The minimum atomic E-state index is 0.367. The van der Waals surface area contributed by atoms with Crippen molar-refractivity contribution in [2.45, 2.75) is 52.5 Å². The number of rotatable bonds is 5. The summed E-state index contributed by atoms with van der Waals surface area (Å²) in [4.78, 5) is 14.1. The van der Waals surface area contributed by atoms with Crippen LogP contribution in [0.25, 0.3) is 0 Å². The molecule has 1 aliphatic carbocycles. The molecule has 0 N–H and O–H groups in total. The molecule has 2 heteroatoms. The van der Waals surface area contributed by atoms with Crippen LogP contribution in [-0.4, -0.2) is 30.3 Å². The van der Waals surface area contributed by atoms with Crippen molar-refractivity contribution in [1.29, 1.82) is 0 Å². The highest BCUT2D eigenvalue weighted by Gasteiger charge is 2.24. The molecule has 1 aliphatic rings. The molecule has 0 saturated heterocycles. The van der Waals surface area contributed by atoms with E-state index >= 15 is 0 Å². The zero-order chi connectivity index (χ0) is 11.4. The zero-order valence-electron chi connectivity index (χ0n) is 10.6. The highest BCUT2D eigenvalue weighted by Crippen LogP contribution is 2.25. The summed E-state index contributed by atoms with van der Waals surface area (Å²) in [6.45, 7) is 7.26. The van der Waals surface area contributed by atoms with Crippen molar-refractivity contribution in [2.75, 3.05) is 13.6 Å². The number of carbonyl (C=O) groups excluding carboxylic acids is 1. The first kappa shape index (κ1) is 12.7. The predicted molar refractivity (Wildman–Crippen MR) is 63.9 cm³/mol. The lowest BCUT2D eigenvalue weighted by Gasteiger charge is -2.28. The minimum absolute atomic E-state index is 0.367. The smallest absolute Gasteiger partial charge is 0.149 e. The van der Waals surface area contributed by atoms with Gasteiger partial charge in [-0.25, -0.2) is 0 Å². The molecule has 0 aromatic rings. The highest BCUT2D eigenvalue weighted by molar-refractivity contribution is 5.83. The Morgan fingerprint density at radius 1 is 1.27 bits per heavy atom. The summed E-state index contributed by atoms with van der Waals surface area (Å²) < 4.78 is 0. The van der Waals surface area contributed by atoms with Crippen LogP contribution in [0.1, 0.15) is 46.5 Å². The Kier molecular flexibility index (Phi) is 4.78. The topological polar surface area (TPSA) is 20.3 Å². The molecular formula is C13H25NO. The fraction of sp³-hybridized carbons (Fsp3) is 0.923. The summed E-state index contributed by atoms with van der Waals surface area (Å²) in [5, 5.41) is 0. The molecule has 1 saturated carbocycles. The van der Waals surface area contributed by atoms with Crippen LogP contribution in [0.15, 0.2) is 0 Å². The number of hydrogen-bond acceptors (Lipinski definition) is 2. The minimum Gasteiger partial charge on any atom is -0.298 e. The lowest BCUT2D eigenvalue weighted by molar-refractivity contribution is -0.124. The first-order valence-electron chi connectivity index (χ1n) is 6.25. The van der Waals surface area contributed by atoms with Crippen molar-refractivity contribution in [3.63, 3.8) is 0 Å². The fourth-order valence-corrected chi connectivity index (χ4v) is 2.28. The van der Waals surface area contributed by atoms with Gasteiger partial charge in [-0.1, -0.05) is 26.7 Å². The SMILES string of the molecule is CC(C)C(C)N(C)CC(=O)C1CCCC1. The van der Waals surface area contributed by atoms with Crippen molar-refractivity contribution in [3.05, 3.63) is 0 Å². The highest BCUT2D eigenvalue weighted by atomic mass is 16.1. The second kappa shape index (κ2) is 5.64. The average molecular weight is 211 g/mol. The molecule has 0 aromatic heterocycles. The maximum Gasteiger partial charge on any atom is 0.149 e. The van der Waals surface area contributed by atoms with Crippen LogP contribution in [-0.2, 0) is 4.79 Å². The molecule has 1 fully saturated rings. The third-order valence-electron chi connectivity index (χ3n) is 3.88. The number of Topliss-reactive ketones (excluding diaryl/α,β-unsaturated/α-hetero) is 1. The second-order valence-corrected chi connectivity index (χ2v) is 5.35. The van der Waals surface area contributed by atoms with E-state index in [-0.39, 0.29) is 0 Å². The number of carbonyl (C=O) groups is 1. The maximum atomic E-state index is 11.9. The quantitative estimate of drug-likeness (QED) is 0.697. The number of nitrogens with zero attached hydrogens (tertiary/aromatic N) is 1. The van der Waals surface area contributed by atoms with E-state index in [1.54, 1.807) is 0 Å². The van der Waals surface area contributed by atoms with Gasteiger partial charge in [0.05, 0.1) is 6.54 Å². The molecule has 0 radical (unpaired) electrons. The van der Waals surface area contributed by atoms with Crippen LogP contribution in [0.2, 0.25) is 0 Å². The summed E-state index contributed by atoms with van der Waals surface area (Å²) in [6, 6.07) is 0.496. The molecule has 0 spiro atoms. The molecule has 2 nitrogen and oxygen atoms in total.